The normalized spacial score (nSPS) is 31.7. The number of rotatable bonds is 1. The molecule has 0 saturated carbocycles. The molecule has 1 aromatic rings. The number of hydrogen-bond donors (Lipinski definition) is 1. The summed E-state index contributed by atoms with van der Waals surface area (Å²) in [5, 5.41) is 4.35. The van der Waals surface area contributed by atoms with Gasteiger partial charge in [0.05, 0.1) is 12.2 Å². The number of nitrogen functional groups attached to an aromatic ring is 1. The van der Waals surface area contributed by atoms with Gasteiger partial charge in [-0.25, -0.2) is 4.68 Å². The fourth-order valence-corrected chi connectivity index (χ4v) is 3.11. The fraction of sp³-hybridized carbons (Fsp3) is 0.727. The van der Waals surface area contributed by atoms with Crippen LogP contribution in [0.1, 0.15) is 31.7 Å². The molecule has 2 aliphatic heterocycles. The lowest BCUT2D eigenvalue weighted by Crippen LogP contribution is -2.38. The summed E-state index contributed by atoms with van der Waals surface area (Å²) in [7, 11) is 0. The van der Waals surface area contributed by atoms with Crippen molar-refractivity contribution < 1.29 is 0 Å². The van der Waals surface area contributed by atoms with Crippen molar-refractivity contribution in [2.24, 2.45) is 0 Å². The van der Waals surface area contributed by atoms with Crippen LogP contribution in [-0.2, 0) is 0 Å². The van der Waals surface area contributed by atoms with Crippen molar-refractivity contribution >= 4 is 5.82 Å². The van der Waals surface area contributed by atoms with Crippen LogP contribution in [0.15, 0.2) is 12.3 Å². The Labute approximate surface area is 90.0 Å². The average molecular weight is 206 g/mol. The monoisotopic (exact) mass is 206 g/mol. The summed E-state index contributed by atoms with van der Waals surface area (Å²) in [6, 6.07) is 3.09. The molecule has 3 heterocycles. The number of hydrogen-bond acceptors (Lipinski definition) is 3. The van der Waals surface area contributed by atoms with Crippen molar-refractivity contribution in [1.29, 1.82) is 0 Å². The zero-order chi connectivity index (χ0) is 10.3. The number of nitrogens with two attached hydrogens (primary N) is 1. The summed E-state index contributed by atoms with van der Waals surface area (Å²) < 4.78 is 2.02. The summed E-state index contributed by atoms with van der Waals surface area (Å²) in [6.07, 6.45) is 7.04. The Morgan fingerprint density at radius 1 is 1.20 bits per heavy atom. The minimum atomic E-state index is 0.514. The Kier molecular flexibility index (Phi) is 2.16. The zero-order valence-electron chi connectivity index (χ0n) is 8.97. The van der Waals surface area contributed by atoms with Gasteiger partial charge in [-0.05, 0) is 31.9 Å². The van der Waals surface area contributed by atoms with Gasteiger partial charge in [0.15, 0.2) is 0 Å². The van der Waals surface area contributed by atoms with Crippen LogP contribution in [0.4, 0.5) is 5.82 Å². The summed E-state index contributed by atoms with van der Waals surface area (Å²) in [6.45, 7) is 2.48. The Morgan fingerprint density at radius 2 is 2.13 bits per heavy atom. The lowest BCUT2D eigenvalue weighted by Gasteiger charge is -2.32. The second kappa shape index (κ2) is 3.52. The highest BCUT2D eigenvalue weighted by atomic mass is 15.4. The van der Waals surface area contributed by atoms with E-state index >= 15 is 0 Å². The largest absolute Gasteiger partial charge is 0.384 e. The number of aromatic nitrogens is 2. The van der Waals surface area contributed by atoms with E-state index in [1.807, 2.05) is 10.7 Å². The van der Waals surface area contributed by atoms with E-state index < -0.39 is 0 Å². The predicted molar refractivity (Wildman–Crippen MR) is 59.5 cm³/mol. The topological polar surface area (TPSA) is 47.1 Å². The maximum atomic E-state index is 5.92. The van der Waals surface area contributed by atoms with Gasteiger partial charge in [0.1, 0.15) is 5.82 Å². The zero-order valence-corrected chi connectivity index (χ0v) is 8.97. The van der Waals surface area contributed by atoms with E-state index in [0.717, 1.165) is 5.82 Å². The van der Waals surface area contributed by atoms with Crippen molar-refractivity contribution in [2.45, 2.75) is 37.8 Å². The third kappa shape index (κ3) is 1.44. The molecule has 2 saturated heterocycles. The van der Waals surface area contributed by atoms with E-state index in [1.54, 1.807) is 6.20 Å². The molecule has 0 bridgehead atoms. The minimum Gasteiger partial charge on any atom is -0.384 e. The van der Waals surface area contributed by atoms with Gasteiger partial charge in [-0.2, -0.15) is 5.10 Å². The number of nitrogens with zero attached hydrogens (tertiary/aromatic N) is 3. The highest BCUT2D eigenvalue weighted by Gasteiger charge is 2.37. The molecule has 3 rings (SSSR count). The molecule has 0 aromatic carbocycles. The first-order valence-corrected chi connectivity index (χ1v) is 5.89. The molecule has 2 atom stereocenters. The van der Waals surface area contributed by atoms with Gasteiger partial charge < -0.3 is 5.73 Å². The molecule has 0 radical (unpaired) electrons. The first kappa shape index (κ1) is 9.21. The molecular formula is C11H18N4. The first-order chi connectivity index (χ1) is 7.36. The van der Waals surface area contributed by atoms with Crippen molar-refractivity contribution in [2.75, 3.05) is 18.8 Å². The third-order valence-corrected chi connectivity index (χ3v) is 3.84. The molecule has 2 fully saturated rings. The van der Waals surface area contributed by atoms with Crippen LogP contribution in [0.25, 0.3) is 0 Å². The second-order valence-electron chi connectivity index (χ2n) is 4.66. The second-order valence-corrected chi connectivity index (χ2v) is 4.66. The summed E-state index contributed by atoms with van der Waals surface area (Å²) >= 11 is 0. The summed E-state index contributed by atoms with van der Waals surface area (Å²) in [4.78, 5) is 2.61. The Morgan fingerprint density at radius 3 is 2.93 bits per heavy atom. The molecular weight excluding hydrogens is 188 g/mol. The molecule has 82 valence electrons. The fourth-order valence-electron chi connectivity index (χ4n) is 3.11. The van der Waals surface area contributed by atoms with E-state index in [1.165, 1.54) is 38.8 Å². The van der Waals surface area contributed by atoms with Crippen molar-refractivity contribution in [3.05, 3.63) is 12.3 Å². The van der Waals surface area contributed by atoms with Crippen molar-refractivity contribution in [1.82, 2.24) is 14.7 Å². The van der Waals surface area contributed by atoms with Gasteiger partial charge >= 0.3 is 0 Å². The van der Waals surface area contributed by atoms with Crippen LogP contribution >= 0.6 is 0 Å². The average Bonchev–Trinajstić information content (AvgIpc) is 2.83. The van der Waals surface area contributed by atoms with E-state index in [-0.39, 0.29) is 0 Å². The molecule has 4 nitrogen and oxygen atoms in total. The first-order valence-electron chi connectivity index (χ1n) is 5.89. The lowest BCUT2D eigenvalue weighted by atomic mass is 9.99. The van der Waals surface area contributed by atoms with Crippen LogP contribution in [0.5, 0.6) is 0 Å². The molecule has 0 aliphatic carbocycles. The number of piperidine rings is 1. The van der Waals surface area contributed by atoms with E-state index in [0.29, 0.717) is 12.1 Å². The predicted octanol–water partition coefficient (Wildman–Crippen LogP) is 1.26. The highest BCUT2D eigenvalue weighted by molar-refractivity contribution is 5.27. The van der Waals surface area contributed by atoms with Gasteiger partial charge in [-0.15, -0.1) is 0 Å². The van der Waals surface area contributed by atoms with E-state index in [9.17, 15) is 0 Å². The van der Waals surface area contributed by atoms with E-state index in [4.69, 9.17) is 5.73 Å². The molecule has 2 aliphatic rings. The highest BCUT2D eigenvalue weighted by Crippen LogP contribution is 2.35. The SMILES string of the molecule is Nc1ccnn1C1CCN2CCCCC12. The third-order valence-electron chi connectivity index (χ3n) is 3.84. The summed E-state index contributed by atoms with van der Waals surface area (Å²) in [5.41, 5.74) is 5.92. The Bertz CT molecular complexity index is 346. The van der Waals surface area contributed by atoms with Crippen LogP contribution < -0.4 is 5.73 Å². The quantitative estimate of drug-likeness (QED) is 0.752. The molecule has 0 amide bonds. The van der Waals surface area contributed by atoms with Crippen molar-refractivity contribution in [3.8, 4) is 0 Å². The molecule has 15 heavy (non-hydrogen) atoms. The van der Waals surface area contributed by atoms with Crippen LogP contribution in [-0.4, -0.2) is 33.8 Å². The summed E-state index contributed by atoms with van der Waals surface area (Å²) in [5.74, 6) is 0.812. The van der Waals surface area contributed by atoms with Gasteiger partial charge in [0.2, 0.25) is 0 Å². The maximum absolute atomic E-state index is 5.92. The Balaban J connectivity index is 1.85. The van der Waals surface area contributed by atoms with Crippen LogP contribution in [0.3, 0.4) is 0 Å². The van der Waals surface area contributed by atoms with Gasteiger partial charge in [0.25, 0.3) is 0 Å². The number of anilines is 1. The van der Waals surface area contributed by atoms with Gasteiger partial charge in [0, 0.05) is 12.6 Å². The lowest BCUT2D eigenvalue weighted by molar-refractivity contribution is 0.170. The minimum absolute atomic E-state index is 0.514. The van der Waals surface area contributed by atoms with Crippen LogP contribution in [0, 0.1) is 0 Å². The smallest absolute Gasteiger partial charge is 0.122 e. The maximum Gasteiger partial charge on any atom is 0.122 e. The van der Waals surface area contributed by atoms with Crippen LogP contribution in [0.2, 0.25) is 0 Å². The molecule has 2 N–H and O–H groups in total. The Hall–Kier alpha value is -1.03. The van der Waals surface area contributed by atoms with Crippen molar-refractivity contribution in [3.63, 3.8) is 0 Å². The molecule has 2 unspecified atom stereocenters. The van der Waals surface area contributed by atoms with Gasteiger partial charge in [-0.1, -0.05) is 6.42 Å². The van der Waals surface area contributed by atoms with E-state index in [2.05, 4.69) is 10.00 Å². The molecule has 1 aromatic heterocycles. The van der Waals surface area contributed by atoms with Gasteiger partial charge in [-0.3, -0.25) is 4.90 Å². The molecule has 4 heteroatoms. The number of fused-ring (bicyclic) bond motifs is 1. The standard InChI is InChI=1S/C11H18N4/c12-11-4-6-13-15(11)10-5-8-14-7-2-1-3-9(10)14/h4,6,9-10H,1-3,5,7-8,12H2. The molecule has 0 spiro atoms.